The van der Waals surface area contributed by atoms with Crippen molar-refractivity contribution < 1.29 is 33.4 Å². The molecule has 3 amide bonds. The van der Waals surface area contributed by atoms with Crippen LogP contribution >= 0.6 is 0 Å². The first-order chi connectivity index (χ1) is 16.0. The quantitative estimate of drug-likeness (QED) is 0.339. The van der Waals surface area contributed by atoms with Gasteiger partial charge < -0.3 is 19.1 Å². The van der Waals surface area contributed by atoms with Crippen LogP contribution < -0.4 is 4.74 Å². The van der Waals surface area contributed by atoms with Gasteiger partial charge in [0.25, 0.3) is 5.91 Å². The Morgan fingerprint density at radius 2 is 1.76 bits per heavy atom. The van der Waals surface area contributed by atoms with Gasteiger partial charge in [-0.1, -0.05) is 6.08 Å². The van der Waals surface area contributed by atoms with E-state index in [4.69, 9.17) is 14.2 Å². The van der Waals surface area contributed by atoms with Gasteiger partial charge in [-0.3, -0.25) is 19.3 Å². The van der Waals surface area contributed by atoms with Crippen LogP contribution in [0.5, 0.6) is 5.75 Å². The molecule has 2 rings (SSSR count). The first kappa shape index (κ1) is 26.9. The van der Waals surface area contributed by atoms with Crippen molar-refractivity contribution >= 4 is 23.9 Å². The zero-order chi connectivity index (χ0) is 25.5. The zero-order valence-electron chi connectivity index (χ0n) is 20.6. The van der Waals surface area contributed by atoms with Crippen molar-refractivity contribution in [3.63, 3.8) is 0 Å². The SMILES string of the molecule is C=CC[C@]1(CCC(=O)OC)CN(C(=O)OC(C)(C)C)CCN(C(=O)c2ccc(OC)cc2)C1=O. The van der Waals surface area contributed by atoms with Gasteiger partial charge in [-0.2, -0.15) is 0 Å². The van der Waals surface area contributed by atoms with Gasteiger partial charge in [-0.15, -0.1) is 6.58 Å². The number of nitrogens with zero attached hydrogens (tertiary/aromatic N) is 2. The van der Waals surface area contributed by atoms with Crippen molar-refractivity contribution in [2.45, 2.75) is 45.6 Å². The first-order valence-electron chi connectivity index (χ1n) is 11.1. The molecule has 1 atom stereocenters. The smallest absolute Gasteiger partial charge is 0.410 e. The fourth-order valence-corrected chi connectivity index (χ4v) is 3.85. The van der Waals surface area contributed by atoms with E-state index in [-0.39, 0.29) is 38.9 Å². The maximum atomic E-state index is 13.9. The number of hydrogen-bond donors (Lipinski definition) is 0. The number of hydrogen-bond acceptors (Lipinski definition) is 7. The van der Waals surface area contributed by atoms with Gasteiger partial charge in [-0.25, -0.2) is 4.79 Å². The summed E-state index contributed by atoms with van der Waals surface area (Å²) in [7, 11) is 2.79. The Morgan fingerprint density at radius 1 is 1.12 bits per heavy atom. The molecule has 1 heterocycles. The van der Waals surface area contributed by atoms with Crippen molar-refractivity contribution in [3.8, 4) is 5.75 Å². The van der Waals surface area contributed by atoms with Crippen molar-refractivity contribution in [1.82, 2.24) is 9.80 Å². The van der Waals surface area contributed by atoms with E-state index in [0.29, 0.717) is 11.3 Å². The van der Waals surface area contributed by atoms with Crippen LogP contribution in [0.15, 0.2) is 36.9 Å². The molecular weight excluding hydrogens is 440 g/mol. The molecule has 0 radical (unpaired) electrons. The number of carbonyl (C=O) groups is 4. The van der Waals surface area contributed by atoms with Crippen LogP contribution in [0.4, 0.5) is 4.79 Å². The van der Waals surface area contributed by atoms with Gasteiger partial charge in [0, 0.05) is 31.6 Å². The number of methoxy groups -OCH3 is 2. The van der Waals surface area contributed by atoms with Crippen molar-refractivity contribution in [2.24, 2.45) is 5.41 Å². The normalized spacial score (nSPS) is 18.7. The summed E-state index contributed by atoms with van der Waals surface area (Å²) in [5, 5.41) is 0. The maximum absolute atomic E-state index is 13.9. The number of esters is 1. The lowest BCUT2D eigenvalue weighted by molar-refractivity contribution is -0.143. The molecule has 0 saturated carbocycles. The molecule has 0 unspecified atom stereocenters. The molecule has 0 aliphatic carbocycles. The van der Waals surface area contributed by atoms with E-state index >= 15 is 0 Å². The van der Waals surface area contributed by atoms with Crippen molar-refractivity contribution in [1.29, 1.82) is 0 Å². The molecule has 0 bridgehead atoms. The third kappa shape index (κ3) is 6.59. The summed E-state index contributed by atoms with van der Waals surface area (Å²) >= 11 is 0. The standard InChI is InChI=1S/C25H34N2O7/c1-7-13-25(14-12-20(28)33-6)17-26(23(31)34-24(2,3)4)15-16-27(22(25)30)21(29)18-8-10-19(32-5)11-9-18/h7-11H,1,12-17H2,2-6H3/t25-/m0/s1. The second-order valence-corrected chi connectivity index (χ2v) is 9.24. The van der Waals surface area contributed by atoms with Gasteiger partial charge in [0.05, 0.1) is 19.6 Å². The molecule has 9 heteroatoms. The van der Waals surface area contributed by atoms with Crippen LogP contribution in [0, 0.1) is 5.41 Å². The summed E-state index contributed by atoms with van der Waals surface area (Å²) in [5.74, 6) is -0.875. The number of benzene rings is 1. The Balaban J connectivity index is 2.46. The minimum atomic E-state index is -1.24. The number of amides is 3. The molecule has 1 fully saturated rings. The highest BCUT2D eigenvalue weighted by Gasteiger charge is 2.47. The molecule has 0 aromatic heterocycles. The number of ether oxygens (including phenoxy) is 3. The summed E-state index contributed by atoms with van der Waals surface area (Å²) in [6.45, 7) is 9.09. The summed E-state index contributed by atoms with van der Waals surface area (Å²) < 4.78 is 15.4. The lowest BCUT2D eigenvalue weighted by atomic mass is 9.78. The van der Waals surface area contributed by atoms with Gasteiger partial charge >= 0.3 is 12.1 Å². The van der Waals surface area contributed by atoms with E-state index in [1.165, 1.54) is 19.1 Å². The minimum absolute atomic E-state index is 0.0138. The number of rotatable bonds is 7. The monoisotopic (exact) mass is 474 g/mol. The van der Waals surface area contributed by atoms with Gasteiger partial charge in [0.15, 0.2) is 0 Å². The lowest BCUT2D eigenvalue weighted by Crippen LogP contribution is -2.49. The van der Waals surface area contributed by atoms with Gasteiger partial charge in [-0.05, 0) is 57.9 Å². The Bertz CT molecular complexity index is 920. The summed E-state index contributed by atoms with van der Waals surface area (Å²) in [6, 6.07) is 6.43. The number of allylic oxidation sites excluding steroid dienone is 1. The fraction of sp³-hybridized carbons (Fsp3) is 0.520. The molecule has 1 aliphatic rings. The van der Waals surface area contributed by atoms with Crippen LogP contribution in [-0.2, 0) is 19.1 Å². The van der Waals surface area contributed by atoms with E-state index < -0.39 is 34.9 Å². The van der Waals surface area contributed by atoms with E-state index in [9.17, 15) is 19.2 Å². The van der Waals surface area contributed by atoms with E-state index in [1.54, 1.807) is 51.1 Å². The van der Waals surface area contributed by atoms with Crippen LogP contribution in [0.3, 0.4) is 0 Å². The van der Waals surface area contributed by atoms with Crippen molar-refractivity contribution in [2.75, 3.05) is 33.9 Å². The highest BCUT2D eigenvalue weighted by atomic mass is 16.6. The van der Waals surface area contributed by atoms with E-state index in [2.05, 4.69) is 6.58 Å². The summed E-state index contributed by atoms with van der Waals surface area (Å²) in [6.07, 6.45) is 1.16. The molecule has 1 saturated heterocycles. The molecule has 1 aromatic carbocycles. The fourth-order valence-electron chi connectivity index (χ4n) is 3.85. The topological polar surface area (TPSA) is 102 Å². The molecular formula is C25H34N2O7. The lowest BCUT2D eigenvalue weighted by Gasteiger charge is -2.35. The Hall–Kier alpha value is -3.36. The highest BCUT2D eigenvalue weighted by molar-refractivity contribution is 6.06. The molecule has 186 valence electrons. The Kier molecular flexibility index (Phi) is 8.84. The van der Waals surface area contributed by atoms with E-state index in [0.717, 1.165) is 4.90 Å². The molecule has 0 N–H and O–H groups in total. The Labute approximate surface area is 200 Å². The molecule has 1 aliphatic heterocycles. The van der Waals surface area contributed by atoms with Crippen LogP contribution in [-0.4, -0.2) is 73.1 Å². The third-order valence-corrected chi connectivity index (χ3v) is 5.59. The second kappa shape index (κ2) is 11.2. The minimum Gasteiger partial charge on any atom is -0.497 e. The number of imide groups is 1. The van der Waals surface area contributed by atoms with Crippen LogP contribution in [0.1, 0.15) is 50.4 Å². The predicted octanol–water partition coefficient (Wildman–Crippen LogP) is 3.43. The molecule has 1 aromatic rings. The van der Waals surface area contributed by atoms with Gasteiger partial charge in [0.2, 0.25) is 5.91 Å². The summed E-state index contributed by atoms with van der Waals surface area (Å²) in [4.78, 5) is 54.7. The first-order valence-corrected chi connectivity index (χ1v) is 11.1. The number of carbonyl (C=O) groups excluding carboxylic acids is 4. The maximum Gasteiger partial charge on any atom is 0.410 e. The average Bonchev–Trinajstić information content (AvgIpc) is 2.93. The van der Waals surface area contributed by atoms with Crippen LogP contribution in [0.25, 0.3) is 0 Å². The zero-order valence-corrected chi connectivity index (χ0v) is 20.6. The molecule has 9 nitrogen and oxygen atoms in total. The molecule has 0 spiro atoms. The van der Waals surface area contributed by atoms with Gasteiger partial charge in [0.1, 0.15) is 11.4 Å². The van der Waals surface area contributed by atoms with E-state index in [1.807, 2.05) is 0 Å². The summed E-state index contributed by atoms with van der Waals surface area (Å²) in [5.41, 5.74) is -1.68. The third-order valence-electron chi connectivity index (χ3n) is 5.59. The Morgan fingerprint density at radius 3 is 2.29 bits per heavy atom. The predicted molar refractivity (Wildman–Crippen MR) is 125 cm³/mol. The molecule has 34 heavy (non-hydrogen) atoms. The van der Waals surface area contributed by atoms with Crippen LogP contribution in [0.2, 0.25) is 0 Å². The largest absolute Gasteiger partial charge is 0.497 e. The highest BCUT2D eigenvalue weighted by Crippen LogP contribution is 2.36. The van der Waals surface area contributed by atoms with Crippen molar-refractivity contribution in [3.05, 3.63) is 42.5 Å². The second-order valence-electron chi connectivity index (χ2n) is 9.24. The average molecular weight is 475 g/mol.